The number of ether oxygens (including phenoxy) is 1. The highest BCUT2D eigenvalue weighted by Crippen LogP contribution is 2.27. The smallest absolute Gasteiger partial charge is 0.406 e. The first-order chi connectivity index (χ1) is 16.7. The summed E-state index contributed by atoms with van der Waals surface area (Å²) in [5, 5.41) is 2.57. The number of aliphatic imine (C=N–C) groups is 1. The predicted molar refractivity (Wildman–Crippen MR) is 121 cm³/mol. The molecule has 182 valence electrons. The highest BCUT2D eigenvalue weighted by atomic mass is 19.4. The Hall–Kier alpha value is -4.42. The molecule has 0 radical (unpaired) electrons. The molecule has 2 amide bonds. The minimum atomic E-state index is -4.81. The molecule has 0 saturated carbocycles. The number of nitrogens with zero attached hydrogens (tertiary/aromatic N) is 5. The van der Waals surface area contributed by atoms with Crippen molar-refractivity contribution in [1.29, 1.82) is 0 Å². The molecule has 1 aromatic carbocycles. The third-order valence-corrected chi connectivity index (χ3v) is 5.17. The van der Waals surface area contributed by atoms with Crippen LogP contribution in [-0.4, -0.2) is 63.3 Å². The first-order valence-electron chi connectivity index (χ1n) is 10.4. The normalized spacial score (nSPS) is 14.6. The van der Waals surface area contributed by atoms with E-state index in [1.807, 2.05) is 0 Å². The largest absolute Gasteiger partial charge is 0.573 e. The molecule has 3 heterocycles. The van der Waals surface area contributed by atoms with Crippen molar-refractivity contribution in [3.63, 3.8) is 0 Å². The molecule has 1 saturated heterocycles. The Morgan fingerprint density at radius 3 is 2.63 bits per heavy atom. The van der Waals surface area contributed by atoms with E-state index in [9.17, 15) is 22.8 Å². The van der Waals surface area contributed by atoms with Crippen LogP contribution >= 0.6 is 0 Å². The molecular weight excluding hydrogens is 467 g/mol. The number of likely N-dealkylation sites (tertiary alicyclic amines) is 1. The number of imidazole rings is 1. The molecule has 1 aliphatic rings. The first-order valence-corrected chi connectivity index (χ1v) is 10.4. The topological polar surface area (TPSA) is 127 Å². The summed E-state index contributed by atoms with van der Waals surface area (Å²) in [5.74, 6) is -1.13. The fourth-order valence-corrected chi connectivity index (χ4v) is 3.39. The molecule has 35 heavy (non-hydrogen) atoms. The van der Waals surface area contributed by atoms with Gasteiger partial charge in [-0.3, -0.25) is 19.0 Å². The van der Waals surface area contributed by atoms with Crippen molar-refractivity contribution in [2.24, 2.45) is 10.7 Å². The molecule has 0 spiro atoms. The van der Waals surface area contributed by atoms with E-state index in [1.54, 1.807) is 23.4 Å². The second-order valence-electron chi connectivity index (χ2n) is 7.47. The summed E-state index contributed by atoms with van der Waals surface area (Å²) in [6, 6.07) is 6.87. The number of aromatic nitrogens is 3. The minimum absolute atomic E-state index is 0.0187. The fraction of sp³-hybridized carbons (Fsp3) is 0.227. The van der Waals surface area contributed by atoms with Crippen molar-refractivity contribution >= 4 is 29.1 Å². The Morgan fingerprint density at radius 2 is 2.00 bits per heavy atom. The van der Waals surface area contributed by atoms with Gasteiger partial charge >= 0.3 is 6.36 Å². The third-order valence-electron chi connectivity index (χ3n) is 5.17. The van der Waals surface area contributed by atoms with Crippen LogP contribution in [0.4, 0.5) is 19.0 Å². The summed E-state index contributed by atoms with van der Waals surface area (Å²) < 4.78 is 43.1. The van der Waals surface area contributed by atoms with Crippen LogP contribution in [0.1, 0.15) is 6.42 Å². The van der Waals surface area contributed by atoms with Crippen LogP contribution in [0.15, 0.2) is 59.5 Å². The van der Waals surface area contributed by atoms with Gasteiger partial charge in [-0.25, -0.2) is 4.98 Å². The molecule has 0 aliphatic carbocycles. The molecule has 2 aromatic heterocycles. The lowest BCUT2D eigenvalue weighted by atomic mass is 10.1. The Balaban J connectivity index is 1.54. The third kappa shape index (κ3) is 5.23. The molecule has 0 bridgehead atoms. The highest BCUT2D eigenvalue weighted by molar-refractivity contribution is 6.53. The van der Waals surface area contributed by atoms with E-state index in [4.69, 9.17) is 5.73 Å². The van der Waals surface area contributed by atoms with Crippen molar-refractivity contribution in [2.75, 3.05) is 25.5 Å². The average Bonchev–Trinajstić information content (AvgIpc) is 3.18. The Kier molecular flexibility index (Phi) is 6.40. The number of carbonyl (C=O) groups is 2. The zero-order valence-corrected chi connectivity index (χ0v) is 18.4. The van der Waals surface area contributed by atoms with Crippen molar-refractivity contribution in [3.8, 4) is 17.0 Å². The lowest BCUT2D eigenvalue weighted by Gasteiger charge is -2.31. The van der Waals surface area contributed by atoms with Gasteiger partial charge in [-0.1, -0.05) is 12.1 Å². The lowest BCUT2D eigenvalue weighted by Crippen LogP contribution is -2.45. The van der Waals surface area contributed by atoms with Gasteiger partial charge in [-0.05, 0) is 24.6 Å². The number of hydrogen-bond donors (Lipinski definition) is 2. The summed E-state index contributed by atoms with van der Waals surface area (Å²) in [4.78, 5) is 39.4. The molecular formula is C22H20F3N7O3. The van der Waals surface area contributed by atoms with Gasteiger partial charge in [0.15, 0.2) is 0 Å². The maximum atomic E-state index is 12.8. The van der Waals surface area contributed by atoms with Crippen LogP contribution in [0.5, 0.6) is 5.75 Å². The Morgan fingerprint density at radius 1 is 1.23 bits per heavy atom. The monoisotopic (exact) mass is 487 g/mol. The van der Waals surface area contributed by atoms with E-state index in [1.165, 1.54) is 35.7 Å². The van der Waals surface area contributed by atoms with Gasteiger partial charge in [-0.15, -0.1) is 13.2 Å². The molecule has 1 fully saturated rings. The number of nitrogens with one attached hydrogen (secondary N) is 1. The number of anilines is 1. The second kappa shape index (κ2) is 9.44. The van der Waals surface area contributed by atoms with E-state index >= 15 is 0 Å². The number of benzene rings is 1. The molecule has 10 nitrogen and oxygen atoms in total. The molecule has 13 heteroatoms. The minimum Gasteiger partial charge on any atom is -0.406 e. The SMILES string of the molecule is CN=C(C(=O)Nc1ccn2cc(-c3cccc(OC(F)(F)F)c3)nc2n1)C(=CN)C(=O)N1CCC1. The number of rotatable bonds is 6. The highest BCUT2D eigenvalue weighted by Gasteiger charge is 2.31. The summed E-state index contributed by atoms with van der Waals surface area (Å²) in [6.45, 7) is 1.17. The maximum absolute atomic E-state index is 12.8. The van der Waals surface area contributed by atoms with Crippen LogP contribution in [-0.2, 0) is 9.59 Å². The van der Waals surface area contributed by atoms with E-state index in [0.717, 1.165) is 12.6 Å². The predicted octanol–water partition coefficient (Wildman–Crippen LogP) is 2.38. The van der Waals surface area contributed by atoms with Gasteiger partial charge in [0.05, 0.1) is 11.3 Å². The van der Waals surface area contributed by atoms with Crippen LogP contribution in [0, 0.1) is 0 Å². The van der Waals surface area contributed by atoms with Crippen LogP contribution < -0.4 is 15.8 Å². The number of alkyl halides is 3. The van der Waals surface area contributed by atoms with Gasteiger partial charge in [0, 0.05) is 44.3 Å². The van der Waals surface area contributed by atoms with E-state index in [2.05, 4.69) is 25.0 Å². The fourth-order valence-electron chi connectivity index (χ4n) is 3.39. The van der Waals surface area contributed by atoms with Gasteiger partial charge in [0.25, 0.3) is 11.8 Å². The average molecular weight is 487 g/mol. The Bertz CT molecular complexity index is 1340. The van der Waals surface area contributed by atoms with Gasteiger partial charge in [0.1, 0.15) is 17.3 Å². The number of carbonyl (C=O) groups excluding carboxylic acids is 2. The summed E-state index contributed by atoms with van der Waals surface area (Å²) >= 11 is 0. The van der Waals surface area contributed by atoms with E-state index in [-0.39, 0.29) is 34.5 Å². The van der Waals surface area contributed by atoms with E-state index < -0.39 is 12.3 Å². The van der Waals surface area contributed by atoms with Gasteiger partial charge < -0.3 is 20.7 Å². The molecule has 3 N–H and O–H groups in total. The Labute approximate surface area is 196 Å². The number of halogens is 3. The molecule has 3 aromatic rings. The van der Waals surface area contributed by atoms with Crippen LogP contribution in [0.3, 0.4) is 0 Å². The number of nitrogens with two attached hydrogens (primary N) is 1. The van der Waals surface area contributed by atoms with Gasteiger partial charge in [0.2, 0.25) is 5.78 Å². The lowest BCUT2D eigenvalue weighted by molar-refractivity contribution is -0.274. The zero-order chi connectivity index (χ0) is 25.2. The number of hydrogen-bond acceptors (Lipinski definition) is 7. The number of fused-ring (bicyclic) bond motifs is 1. The van der Waals surface area contributed by atoms with Gasteiger partial charge in [-0.2, -0.15) is 4.98 Å². The molecule has 1 aliphatic heterocycles. The zero-order valence-electron chi connectivity index (χ0n) is 18.4. The van der Waals surface area contributed by atoms with Crippen LogP contribution in [0.25, 0.3) is 17.0 Å². The maximum Gasteiger partial charge on any atom is 0.573 e. The van der Waals surface area contributed by atoms with Crippen molar-refractivity contribution in [2.45, 2.75) is 12.8 Å². The van der Waals surface area contributed by atoms with Crippen molar-refractivity contribution in [3.05, 3.63) is 54.5 Å². The standard InChI is InChI=1S/C22H20F3N7O3/c1-27-18(15(11-26)20(34)31-7-3-8-31)19(33)29-17-6-9-32-12-16(28-21(32)30-17)13-4-2-5-14(10-13)35-22(23,24)25/h2,4-6,9-12H,3,7-8,26H2,1H3,(H,28,29,30,33). The second-order valence-corrected chi connectivity index (χ2v) is 7.47. The summed E-state index contributed by atoms with van der Waals surface area (Å²) in [7, 11) is 1.37. The number of amides is 2. The van der Waals surface area contributed by atoms with Crippen molar-refractivity contribution < 1.29 is 27.5 Å². The first kappa shape index (κ1) is 23.7. The van der Waals surface area contributed by atoms with E-state index in [0.29, 0.717) is 24.3 Å². The van der Waals surface area contributed by atoms with Crippen LogP contribution in [0.2, 0.25) is 0 Å². The summed E-state index contributed by atoms with van der Waals surface area (Å²) in [5.41, 5.74) is 6.17. The summed E-state index contributed by atoms with van der Waals surface area (Å²) in [6.07, 6.45) is 0.255. The molecule has 0 atom stereocenters. The molecule has 4 rings (SSSR count). The van der Waals surface area contributed by atoms with Crippen molar-refractivity contribution in [1.82, 2.24) is 19.3 Å². The molecule has 0 unspecified atom stereocenters. The quantitative estimate of drug-likeness (QED) is 0.406.